The Balaban J connectivity index is 2.07. The Bertz CT molecular complexity index is 865. The first-order valence-electron chi connectivity index (χ1n) is 7.25. The number of amides is 1. The molecule has 3 heterocycles. The van der Waals surface area contributed by atoms with Gasteiger partial charge < -0.3 is 5.32 Å². The number of nitrogens with one attached hydrogen (secondary N) is 1. The van der Waals surface area contributed by atoms with Crippen molar-refractivity contribution in [2.24, 2.45) is 0 Å². The lowest BCUT2D eigenvalue weighted by Crippen LogP contribution is -2.17. The van der Waals surface area contributed by atoms with E-state index in [0.717, 1.165) is 11.1 Å². The molecule has 23 heavy (non-hydrogen) atoms. The van der Waals surface area contributed by atoms with Crippen molar-refractivity contribution in [1.82, 2.24) is 14.6 Å². The molecular weight excluding hydrogens is 312 g/mol. The molecule has 1 amide bonds. The lowest BCUT2D eigenvalue weighted by atomic mass is 9.87. The van der Waals surface area contributed by atoms with E-state index >= 15 is 0 Å². The van der Waals surface area contributed by atoms with E-state index in [1.807, 2.05) is 12.1 Å². The molecule has 0 spiro atoms. The predicted octanol–water partition coefficient (Wildman–Crippen LogP) is 3.93. The van der Waals surface area contributed by atoms with Crippen LogP contribution >= 0.6 is 11.6 Å². The van der Waals surface area contributed by atoms with Crippen molar-refractivity contribution in [3.63, 3.8) is 0 Å². The summed E-state index contributed by atoms with van der Waals surface area (Å²) < 4.78 is 1.63. The molecule has 3 rings (SSSR count). The average molecular weight is 329 g/mol. The second-order valence-electron chi connectivity index (χ2n) is 6.36. The number of hydrogen-bond donors (Lipinski definition) is 1. The molecule has 0 aliphatic carbocycles. The molecule has 5 nitrogen and oxygen atoms in total. The highest BCUT2D eigenvalue weighted by atomic mass is 35.5. The summed E-state index contributed by atoms with van der Waals surface area (Å²) in [6, 6.07) is 7.35. The molecule has 0 saturated carbocycles. The fraction of sp³-hybridized carbons (Fsp3) is 0.235. The van der Waals surface area contributed by atoms with Gasteiger partial charge in [0, 0.05) is 12.4 Å². The summed E-state index contributed by atoms with van der Waals surface area (Å²) in [6.45, 7) is 6.32. The number of pyridine rings is 2. The highest BCUT2D eigenvalue weighted by molar-refractivity contribution is 6.33. The largest absolute Gasteiger partial charge is 0.306 e. The maximum Gasteiger partial charge on any atom is 0.258 e. The standard InChI is InChI=1S/C17H17ClN4O/c1-17(2,3)12-7-14-13(18)10-20-22(14)15(8-12)21-16(23)11-5-4-6-19-9-11/h4-10H,1-3H3,(H,21,23). The Kier molecular flexibility index (Phi) is 3.82. The molecule has 0 unspecified atom stereocenters. The molecule has 0 radical (unpaired) electrons. The first kappa shape index (κ1) is 15.5. The van der Waals surface area contributed by atoms with Crippen molar-refractivity contribution >= 4 is 28.8 Å². The van der Waals surface area contributed by atoms with E-state index in [1.54, 1.807) is 29.0 Å². The van der Waals surface area contributed by atoms with Crippen molar-refractivity contribution < 1.29 is 4.79 Å². The number of rotatable bonds is 2. The molecule has 0 atom stereocenters. The van der Waals surface area contributed by atoms with Gasteiger partial charge in [0.1, 0.15) is 5.82 Å². The molecule has 0 bridgehead atoms. The Morgan fingerprint density at radius 2 is 2.04 bits per heavy atom. The van der Waals surface area contributed by atoms with Crippen LogP contribution in [0.4, 0.5) is 5.82 Å². The van der Waals surface area contributed by atoms with E-state index in [2.05, 4.69) is 36.2 Å². The summed E-state index contributed by atoms with van der Waals surface area (Å²) in [4.78, 5) is 16.4. The number of nitrogens with zero attached hydrogens (tertiary/aromatic N) is 3. The molecule has 0 aliphatic rings. The van der Waals surface area contributed by atoms with Crippen LogP contribution in [0.5, 0.6) is 0 Å². The van der Waals surface area contributed by atoms with Crippen LogP contribution in [0.25, 0.3) is 5.52 Å². The van der Waals surface area contributed by atoms with Crippen LogP contribution in [0.3, 0.4) is 0 Å². The molecule has 118 valence electrons. The van der Waals surface area contributed by atoms with Gasteiger partial charge in [-0.25, -0.2) is 4.52 Å². The fourth-order valence-corrected chi connectivity index (χ4v) is 2.44. The average Bonchev–Trinajstić information content (AvgIpc) is 2.89. The van der Waals surface area contributed by atoms with Crippen molar-refractivity contribution in [2.45, 2.75) is 26.2 Å². The number of carbonyl (C=O) groups is 1. The zero-order valence-electron chi connectivity index (χ0n) is 13.2. The molecular formula is C17H17ClN4O. The van der Waals surface area contributed by atoms with E-state index in [4.69, 9.17) is 11.6 Å². The number of hydrogen-bond acceptors (Lipinski definition) is 3. The monoisotopic (exact) mass is 328 g/mol. The summed E-state index contributed by atoms with van der Waals surface area (Å²) in [5.74, 6) is 0.338. The van der Waals surface area contributed by atoms with E-state index < -0.39 is 0 Å². The molecule has 0 saturated heterocycles. The van der Waals surface area contributed by atoms with Crippen LogP contribution in [-0.4, -0.2) is 20.5 Å². The van der Waals surface area contributed by atoms with Crippen LogP contribution in [0.2, 0.25) is 5.02 Å². The van der Waals surface area contributed by atoms with Gasteiger partial charge in [0.05, 0.1) is 22.3 Å². The molecule has 3 aromatic heterocycles. The number of halogens is 1. The maximum absolute atomic E-state index is 12.4. The molecule has 0 aromatic carbocycles. The van der Waals surface area contributed by atoms with Gasteiger partial charge in [0.25, 0.3) is 5.91 Å². The van der Waals surface area contributed by atoms with Crippen molar-refractivity contribution in [3.8, 4) is 0 Å². The number of carbonyl (C=O) groups excluding carboxylic acids is 1. The summed E-state index contributed by atoms with van der Waals surface area (Å²) in [7, 11) is 0. The third kappa shape index (κ3) is 3.05. The minimum Gasteiger partial charge on any atom is -0.306 e. The summed E-state index contributed by atoms with van der Waals surface area (Å²) in [5, 5.41) is 7.68. The highest BCUT2D eigenvalue weighted by Crippen LogP contribution is 2.29. The lowest BCUT2D eigenvalue weighted by Gasteiger charge is -2.21. The molecule has 1 N–H and O–H groups in total. The Morgan fingerprint density at radius 1 is 1.26 bits per heavy atom. The van der Waals surface area contributed by atoms with E-state index in [9.17, 15) is 4.79 Å². The smallest absolute Gasteiger partial charge is 0.258 e. The van der Waals surface area contributed by atoms with Gasteiger partial charge in [-0.1, -0.05) is 32.4 Å². The first-order chi connectivity index (χ1) is 10.9. The van der Waals surface area contributed by atoms with Crippen LogP contribution in [0.1, 0.15) is 36.7 Å². The summed E-state index contributed by atoms with van der Waals surface area (Å²) in [5.41, 5.74) is 2.23. The van der Waals surface area contributed by atoms with Crippen molar-refractivity contribution in [2.75, 3.05) is 5.32 Å². The number of aromatic nitrogens is 3. The quantitative estimate of drug-likeness (QED) is 0.775. The second-order valence-corrected chi connectivity index (χ2v) is 6.77. The number of fused-ring (bicyclic) bond motifs is 1. The normalized spacial score (nSPS) is 11.7. The fourth-order valence-electron chi connectivity index (χ4n) is 2.26. The molecule has 6 heteroatoms. The van der Waals surface area contributed by atoms with E-state index in [-0.39, 0.29) is 11.3 Å². The molecule has 3 aromatic rings. The highest BCUT2D eigenvalue weighted by Gasteiger charge is 2.19. The maximum atomic E-state index is 12.4. The summed E-state index contributed by atoms with van der Waals surface area (Å²) in [6.07, 6.45) is 4.72. The Labute approximate surface area is 139 Å². The van der Waals surface area contributed by atoms with Crippen LogP contribution in [0, 0.1) is 0 Å². The minimum absolute atomic E-state index is 0.0802. The van der Waals surface area contributed by atoms with Gasteiger partial charge in [0.2, 0.25) is 0 Å². The Hall–Kier alpha value is -2.40. The summed E-state index contributed by atoms with van der Waals surface area (Å²) >= 11 is 6.21. The van der Waals surface area contributed by atoms with E-state index in [0.29, 0.717) is 16.4 Å². The first-order valence-corrected chi connectivity index (χ1v) is 7.63. The minimum atomic E-state index is -0.239. The predicted molar refractivity (Wildman–Crippen MR) is 91.1 cm³/mol. The van der Waals surface area contributed by atoms with E-state index in [1.165, 1.54) is 6.20 Å². The van der Waals surface area contributed by atoms with Gasteiger partial charge in [0.15, 0.2) is 0 Å². The van der Waals surface area contributed by atoms with Gasteiger partial charge in [-0.05, 0) is 35.2 Å². The lowest BCUT2D eigenvalue weighted by molar-refractivity contribution is 0.102. The third-order valence-electron chi connectivity index (χ3n) is 3.60. The third-order valence-corrected chi connectivity index (χ3v) is 3.89. The SMILES string of the molecule is CC(C)(C)c1cc(NC(=O)c2cccnc2)n2ncc(Cl)c2c1. The zero-order chi connectivity index (χ0) is 16.6. The number of anilines is 1. The zero-order valence-corrected chi connectivity index (χ0v) is 13.9. The molecule has 0 aliphatic heterocycles. The molecule has 0 fully saturated rings. The van der Waals surface area contributed by atoms with Gasteiger partial charge in [-0.3, -0.25) is 9.78 Å². The topological polar surface area (TPSA) is 59.3 Å². The Morgan fingerprint density at radius 3 is 2.70 bits per heavy atom. The van der Waals surface area contributed by atoms with Crippen LogP contribution < -0.4 is 5.32 Å². The van der Waals surface area contributed by atoms with Gasteiger partial charge >= 0.3 is 0 Å². The van der Waals surface area contributed by atoms with Crippen LogP contribution in [-0.2, 0) is 5.41 Å². The van der Waals surface area contributed by atoms with Crippen molar-refractivity contribution in [3.05, 3.63) is 59.0 Å². The van der Waals surface area contributed by atoms with Crippen molar-refractivity contribution in [1.29, 1.82) is 0 Å². The second kappa shape index (κ2) is 5.66. The van der Waals surface area contributed by atoms with Crippen LogP contribution in [0.15, 0.2) is 42.9 Å². The van der Waals surface area contributed by atoms with Gasteiger partial charge in [-0.15, -0.1) is 0 Å². The van der Waals surface area contributed by atoms with Gasteiger partial charge in [-0.2, -0.15) is 5.10 Å².